The maximum atomic E-state index is 8.35. The predicted octanol–water partition coefficient (Wildman–Crippen LogP) is 2.68. The summed E-state index contributed by atoms with van der Waals surface area (Å²) < 4.78 is 6.23. The average molecular weight is 359 g/mol. The van der Waals surface area contributed by atoms with Gasteiger partial charge in [0.05, 0.1) is 12.3 Å². The molecule has 3 rings (SSSR count). The first kappa shape index (κ1) is 18.5. The summed E-state index contributed by atoms with van der Waals surface area (Å²) in [6.45, 7) is 4.82. The lowest BCUT2D eigenvalue weighted by Crippen LogP contribution is -2.33. The molecule has 0 heterocycles. The number of nitrogen functional groups attached to an aromatic ring is 1. The van der Waals surface area contributed by atoms with Crippen LogP contribution in [0.4, 0.5) is 5.69 Å². The third-order valence-electron chi connectivity index (χ3n) is 4.22. The molecular formula is C23H25N3O. The minimum Gasteiger partial charge on any atom is -0.492 e. The van der Waals surface area contributed by atoms with E-state index in [2.05, 4.69) is 13.8 Å². The molecule has 1 aliphatic rings. The van der Waals surface area contributed by atoms with E-state index in [1.165, 1.54) is 0 Å². The number of anilines is 1. The SMILES string of the molecule is CC(C)CO/C(c1ccccc1)=c1/cc(N)cc/c1=C1\C=CC(N)=CC1=N. The molecule has 0 fully saturated rings. The summed E-state index contributed by atoms with van der Waals surface area (Å²) >= 11 is 0. The van der Waals surface area contributed by atoms with Gasteiger partial charge in [0.15, 0.2) is 0 Å². The van der Waals surface area contributed by atoms with Gasteiger partial charge < -0.3 is 21.6 Å². The van der Waals surface area contributed by atoms with Gasteiger partial charge in [-0.1, -0.05) is 56.3 Å². The Morgan fingerprint density at radius 3 is 2.44 bits per heavy atom. The molecule has 0 saturated heterocycles. The van der Waals surface area contributed by atoms with Crippen LogP contribution in [0.15, 0.2) is 72.5 Å². The van der Waals surface area contributed by atoms with E-state index in [1.807, 2.05) is 60.7 Å². The summed E-state index contributed by atoms with van der Waals surface area (Å²) in [7, 11) is 0. The highest BCUT2D eigenvalue weighted by Gasteiger charge is 2.11. The fourth-order valence-electron chi connectivity index (χ4n) is 2.94. The molecule has 2 aromatic rings. The molecule has 4 nitrogen and oxygen atoms in total. The van der Waals surface area contributed by atoms with Gasteiger partial charge in [-0.2, -0.15) is 0 Å². The Morgan fingerprint density at radius 2 is 1.78 bits per heavy atom. The molecule has 0 spiro atoms. The Bertz CT molecular complexity index is 1030. The van der Waals surface area contributed by atoms with Crippen LogP contribution >= 0.6 is 0 Å². The lowest BCUT2D eigenvalue weighted by molar-refractivity contribution is 0.233. The van der Waals surface area contributed by atoms with Gasteiger partial charge in [0.25, 0.3) is 0 Å². The van der Waals surface area contributed by atoms with Gasteiger partial charge in [0, 0.05) is 27.7 Å². The van der Waals surface area contributed by atoms with Crippen molar-refractivity contribution in [2.24, 2.45) is 11.7 Å². The van der Waals surface area contributed by atoms with Gasteiger partial charge in [-0.05, 0) is 35.4 Å². The second-order valence-electron chi connectivity index (χ2n) is 7.01. The first-order chi connectivity index (χ1) is 13.0. The zero-order valence-electron chi connectivity index (χ0n) is 15.7. The molecule has 0 bridgehead atoms. The highest BCUT2D eigenvalue weighted by Crippen LogP contribution is 2.15. The molecule has 27 heavy (non-hydrogen) atoms. The van der Waals surface area contributed by atoms with Gasteiger partial charge >= 0.3 is 0 Å². The van der Waals surface area contributed by atoms with E-state index in [1.54, 1.807) is 6.08 Å². The number of allylic oxidation sites excluding steroid dienone is 3. The number of hydrogen-bond acceptors (Lipinski definition) is 4. The van der Waals surface area contributed by atoms with Gasteiger partial charge in [-0.3, -0.25) is 0 Å². The highest BCUT2D eigenvalue weighted by molar-refractivity contribution is 6.27. The van der Waals surface area contributed by atoms with Gasteiger partial charge in [-0.15, -0.1) is 0 Å². The number of benzene rings is 2. The minimum atomic E-state index is 0.372. The standard InChI is InChI=1S/C23H25N3O/c1-15(2)14-27-23(16-6-4-3-5-7-16)21-12-17(24)8-10-19(21)20-11-9-18(25)13-22(20)26/h3-13,15,26H,14,24-25H2,1-2H3/b20-19-,23-21-,26-22?. The van der Waals surface area contributed by atoms with E-state index in [9.17, 15) is 0 Å². The zero-order valence-corrected chi connectivity index (χ0v) is 15.7. The third-order valence-corrected chi connectivity index (χ3v) is 4.22. The largest absolute Gasteiger partial charge is 0.492 e. The van der Waals surface area contributed by atoms with E-state index < -0.39 is 0 Å². The Kier molecular flexibility index (Phi) is 5.46. The minimum absolute atomic E-state index is 0.372. The van der Waals surface area contributed by atoms with E-state index in [4.69, 9.17) is 21.6 Å². The number of ether oxygens (including phenoxy) is 1. The van der Waals surface area contributed by atoms with Crippen molar-refractivity contribution in [3.05, 3.63) is 88.5 Å². The summed E-state index contributed by atoms with van der Waals surface area (Å²) in [5.74, 6) is 1.15. The highest BCUT2D eigenvalue weighted by atomic mass is 16.5. The Labute approximate surface area is 159 Å². The fourth-order valence-corrected chi connectivity index (χ4v) is 2.94. The molecular weight excluding hydrogens is 334 g/mol. The van der Waals surface area contributed by atoms with Crippen molar-refractivity contribution in [3.63, 3.8) is 0 Å². The van der Waals surface area contributed by atoms with Crippen LogP contribution in [0.1, 0.15) is 19.4 Å². The van der Waals surface area contributed by atoms with Crippen LogP contribution < -0.4 is 21.9 Å². The van der Waals surface area contributed by atoms with Crippen LogP contribution in [-0.2, 0) is 4.74 Å². The van der Waals surface area contributed by atoms with E-state index in [0.717, 1.165) is 27.3 Å². The van der Waals surface area contributed by atoms with Crippen LogP contribution in [0.3, 0.4) is 0 Å². The second-order valence-corrected chi connectivity index (χ2v) is 7.01. The molecule has 0 amide bonds. The van der Waals surface area contributed by atoms with E-state index in [-0.39, 0.29) is 0 Å². The number of hydrogen-bond donors (Lipinski definition) is 3. The van der Waals surface area contributed by atoms with Crippen molar-refractivity contribution in [2.75, 3.05) is 12.3 Å². The van der Waals surface area contributed by atoms with Crippen LogP contribution in [0, 0.1) is 11.3 Å². The zero-order chi connectivity index (χ0) is 19.4. The maximum Gasteiger partial charge on any atom is 0.134 e. The Hall–Kier alpha value is -3.27. The molecule has 0 aliphatic heterocycles. The molecule has 2 aromatic carbocycles. The number of nitrogens with one attached hydrogen (secondary N) is 1. The van der Waals surface area contributed by atoms with Crippen LogP contribution in [0.2, 0.25) is 0 Å². The van der Waals surface area contributed by atoms with Crippen LogP contribution in [0.25, 0.3) is 11.3 Å². The Balaban J connectivity index is 2.37. The van der Waals surface area contributed by atoms with Crippen LogP contribution in [-0.4, -0.2) is 12.3 Å². The summed E-state index contributed by atoms with van der Waals surface area (Å²) in [6.07, 6.45) is 5.34. The summed E-state index contributed by atoms with van der Waals surface area (Å²) in [6, 6.07) is 15.7. The molecule has 0 aromatic heterocycles. The van der Waals surface area contributed by atoms with Gasteiger partial charge in [-0.25, -0.2) is 0 Å². The topological polar surface area (TPSA) is 85.1 Å². The van der Waals surface area contributed by atoms with Crippen molar-refractivity contribution in [1.82, 2.24) is 0 Å². The van der Waals surface area contributed by atoms with Crippen molar-refractivity contribution >= 4 is 22.7 Å². The van der Waals surface area contributed by atoms with E-state index >= 15 is 0 Å². The molecule has 5 N–H and O–H groups in total. The third kappa shape index (κ3) is 4.29. The first-order valence-corrected chi connectivity index (χ1v) is 9.02. The quantitative estimate of drug-likeness (QED) is 0.734. The average Bonchev–Trinajstić information content (AvgIpc) is 2.63. The summed E-state index contributed by atoms with van der Waals surface area (Å²) in [5, 5.41) is 10.1. The number of nitrogens with two attached hydrogens (primary N) is 2. The Morgan fingerprint density at radius 1 is 1.04 bits per heavy atom. The van der Waals surface area contributed by atoms with Crippen molar-refractivity contribution in [2.45, 2.75) is 13.8 Å². The normalized spacial score (nSPS) is 17.0. The molecule has 0 radical (unpaired) electrons. The van der Waals surface area contributed by atoms with Crippen molar-refractivity contribution in [3.8, 4) is 0 Å². The van der Waals surface area contributed by atoms with Crippen molar-refractivity contribution < 1.29 is 4.74 Å². The molecule has 0 saturated carbocycles. The summed E-state index contributed by atoms with van der Waals surface area (Å²) in [4.78, 5) is 0. The number of rotatable bonds is 4. The van der Waals surface area contributed by atoms with Gasteiger partial charge in [0.1, 0.15) is 5.76 Å². The monoisotopic (exact) mass is 359 g/mol. The molecule has 1 aliphatic carbocycles. The van der Waals surface area contributed by atoms with E-state index in [0.29, 0.717) is 29.6 Å². The first-order valence-electron chi connectivity index (χ1n) is 9.02. The predicted molar refractivity (Wildman–Crippen MR) is 112 cm³/mol. The molecule has 138 valence electrons. The van der Waals surface area contributed by atoms with Crippen LogP contribution in [0.5, 0.6) is 0 Å². The summed E-state index contributed by atoms with van der Waals surface area (Å²) in [5.41, 5.74) is 15.3. The molecule has 0 unspecified atom stereocenters. The fraction of sp³-hybridized carbons (Fsp3) is 0.174. The molecule has 0 atom stereocenters. The van der Waals surface area contributed by atoms with Crippen molar-refractivity contribution in [1.29, 1.82) is 5.41 Å². The second kappa shape index (κ2) is 7.96. The maximum absolute atomic E-state index is 8.35. The lowest BCUT2D eigenvalue weighted by atomic mass is 9.98. The molecule has 4 heteroatoms. The van der Waals surface area contributed by atoms with Gasteiger partial charge in [0.2, 0.25) is 0 Å². The smallest absolute Gasteiger partial charge is 0.134 e. The lowest BCUT2D eigenvalue weighted by Gasteiger charge is -2.15.